The molecule has 0 saturated heterocycles. The molecule has 0 bridgehead atoms. The highest BCUT2D eigenvalue weighted by Crippen LogP contribution is 2.28. The molecule has 16 heavy (non-hydrogen) atoms. The predicted molar refractivity (Wildman–Crippen MR) is 64.9 cm³/mol. The predicted octanol–water partition coefficient (Wildman–Crippen LogP) is 2.65. The Morgan fingerprint density at radius 1 is 1.44 bits per heavy atom. The van der Waals surface area contributed by atoms with Gasteiger partial charge in [0.25, 0.3) is 0 Å². The maximum Gasteiger partial charge on any atom is 0.307 e. The lowest BCUT2D eigenvalue weighted by Crippen LogP contribution is -2.07. The molecular formula is C12H13BrO3. The molecule has 3 nitrogen and oxygen atoms in total. The highest BCUT2D eigenvalue weighted by Gasteiger charge is 2.17. The van der Waals surface area contributed by atoms with Crippen molar-refractivity contribution in [3.05, 3.63) is 34.9 Å². The van der Waals surface area contributed by atoms with E-state index in [0.29, 0.717) is 0 Å². The van der Waals surface area contributed by atoms with Gasteiger partial charge in [-0.2, -0.15) is 0 Å². The number of ketones is 1. The van der Waals surface area contributed by atoms with Crippen molar-refractivity contribution in [2.75, 3.05) is 0 Å². The summed E-state index contributed by atoms with van der Waals surface area (Å²) < 4.78 is 0. The molecule has 1 aromatic carbocycles. The van der Waals surface area contributed by atoms with Gasteiger partial charge in [-0.3, -0.25) is 9.59 Å². The lowest BCUT2D eigenvalue weighted by atomic mass is 9.97. The number of aliphatic carboxylic acids is 1. The van der Waals surface area contributed by atoms with Gasteiger partial charge in [0.2, 0.25) is 0 Å². The second-order valence-electron chi connectivity index (χ2n) is 3.68. The second kappa shape index (κ2) is 5.25. The number of carbonyl (C=O) groups excluding carboxylic acids is 1. The van der Waals surface area contributed by atoms with E-state index in [1.54, 1.807) is 12.1 Å². The van der Waals surface area contributed by atoms with Crippen LogP contribution in [0.2, 0.25) is 0 Å². The van der Waals surface area contributed by atoms with Crippen molar-refractivity contribution in [2.45, 2.75) is 25.1 Å². The van der Waals surface area contributed by atoms with Crippen molar-refractivity contribution in [2.24, 2.45) is 0 Å². The van der Waals surface area contributed by atoms with Crippen LogP contribution in [-0.2, 0) is 16.0 Å². The first kappa shape index (κ1) is 12.9. The Hall–Kier alpha value is -1.16. The van der Waals surface area contributed by atoms with E-state index in [2.05, 4.69) is 15.9 Å². The molecule has 0 spiro atoms. The Labute approximate surface area is 103 Å². The zero-order valence-corrected chi connectivity index (χ0v) is 10.7. The van der Waals surface area contributed by atoms with Gasteiger partial charge in [0, 0.05) is 0 Å². The lowest BCUT2D eigenvalue weighted by Gasteiger charge is -2.13. The monoisotopic (exact) mass is 284 g/mol. The molecule has 0 aromatic heterocycles. The molecule has 0 aliphatic carbocycles. The second-order valence-corrected chi connectivity index (χ2v) is 4.59. The quantitative estimate of drug-likeness (QED) is 0.865. The topological polar surface area (TPSA) is 54.4 Å². The molecule has 1 unspecified atom stereocenters. The Kier molecular flexibility index (Phi) is 4.24. The minimum atomic E-state index is -0.866. The highest BCUT2D eigenvalue weighted by molar-refractivity contribution is 9.09. The molecule has 0 heterocycles. The Balaban J connectivity index is 3.13. The molecule has 1 atom stereocenters. The van der Waals surface area contributed by atoms with Crippen LogP contribution in [0.1, 0.15) is 28.4 Å². The summed E-state index contributed by atoms with van der Waals surface area (Å²) in [6.07, 6.45) is -0.0166. The zero-order chi connectivity index (χ0) is 12.3. The molecule has 0 aliphatic rings. The molecule has 0 fully saturated rings. The Morgan fingerprint density at radius 2 is 2.06 bits per heavy atom. The van der Waals surface area contributed by atoms with Crippen molar-refractivity contribution in [1.82, 2.24) is 0 Å². The van der Waals surface area contributed by atoms with Gasteiger partial charge in [-0.1, -0.05) is 34.1 Å². The zero-order valence-electron chi connectivity index (χ0n) is 9.16. The normalized spacial score (nSPS) is 12.2. The molecule has 0 saturated carbocycles. The van der Waals surface area contributed by atoms with Gasteiger partial charge in [0.15, 0.2) is 0 Å². The fourth-order valence-electron chi connectivity index (χ4n) is 1.55. The van der Waals surface area contributed by atoms with Gasteiger partial charge in [-0.15, -0.1) is 0 Å². The van der Waals surface area contributed by atoms with E-state index in [4.69, 9.17) is 5.11 Å². The Morgan fingerprint density at radius 3 is 2.56 bits per heavy atom. The molecule has 1 aromatic rings. The number of benzene rings is 1. The number of hydrogen-bond donors (Lipinski definition) is 1. The first-order valence-corrected chi connectivity index (χ1v) is 5.79. The summed E-state index contributed by atoms with van der Waals surface area (Å²) in [5.41, 5.74) is 2.45. The SMILES string of the molecule is CC(=O)C(Br)c1cccc(CC(=O)O)c1C. The first-order chi connectivity index (χ1) is 7.43. The van der Waals surface area contributed by atoms with Crippen LogP contribution in [-0.4, -0.2) is 16.9 Å². The lowest BCUT2D eigenvalue weighted by molar-refractivity contribution is -0.136. The van der Waals surface area contributed by atoms with E-state index >= 15 is 0 Å². The van der Waals surface area contributed by atoms with E-state index < -0.39 is 5.97 Å². The van der Waals surface area contributed by atoms with Crippen LogP contribution < -0.4 is 0 Å². The highest BCUT2D eigenvalue weighted by atomic mass is 79.9. The van der Waals surface area contributed by atoms with E-state index in [1.165, 1.54) is 6.92 Å². The molecule has 86 valence electrons. The van der Waals surface area contributed by atoms with Gasteiger partial charge in [-0.25, -0.2) is 0 Å². The smallest absolute Gasteiger partial charge is 0.307 e. The van der Waals surface area contributed by atoms with E-state index in [-0.39, 0.29) is 17.0 Å². The fourth-order valence-corrected chi connectivity index (χ4v) is 2.05. The van der Waals surface area contributed by atoms with Gasteiger partial charge >= 0.3 is 5.97 Å². The van der Waals surface area contributed by atoms with E-state index in [0.717, 1.165) is 16.7 Å². The maximum atomic E-state index is 11.3. The number of carbonyl (C=O) groups is 2. The molecular weight excluding hydrogens is 272 g/mol. The third-order valence-electron chi connectivity index (χ3n) is 2.46. The average molecular weight is 285 g/mol. The largest absolute Gasteiger partial charge is 0.481 e. The summed E-state index contributed by atoms with van der Waals surface area (Å²) in [5, 5.41) is 8.75. The standard InChI is InChI=1S/C12H13BrO3/c1-7-9(6-11(15)16)4-3-5-10(7)12(13)8(2)14/h3-5,12H,6H2,1-2H3,(H,15,16). The minimum absolute atomic E-state index is 0.00979. The summed E-state index contributed by atoms with van der Waals surface area (Å²) in [5.74, 6) is -0.857. The number of hydrogen-bond acceptors (Lipinski definition) is 2. The van der Waals surface area contributed by atoms with Crippen LogP contribution in [0.25, 0.3) is 0 Å². The maximum absolute atomic E-state index is 11.3. The van der Waals surface area contributed by atoms with Crippen molar-refractivity contribution >= 4 is 27.7 Å². The first-order valence-electron chi connectivity index (χ1n) is 4.88. The summed E-state index contributed by atoms with van der Waals surface area (Å²) in [7, 11) is 0. The molecule has 1 rings (SSSR count). The minimum Gasteiger partial charge on any atom is -0.481 e. The number of alkyl halides is 1. The number of halogens is 1. The van der Waals surface area contributed by atoms with Crippen molar-refractivity contribution in [3.8, 4) is 0 Å². The summed E-state index contributed by atoms with van der Waals surface area (Å²) in [4.78, 5) is 21.6. The van der Waals surface area contributed by atoms with Crippen LogP contribution in [0.15, 0.2) is 18.2 Å². The summed E-state index contributed by atoms with van der Waals surface area (Å²) in [6.45, 7) is 3.34. The van der Waals surface area contributed by atoms with Crippen molar-refractivity contribution in [1.29, 1.82) is 0 Å². The molecule has 0 radical (unpaired) electrons. The van der Waals surface area contributed by atoms with E-state index in [1.807, 2.05) is 13.0 Å². The van der Waals surface area contributed by atoms with Gasteiger partial charge in [-0.05, 0) is 30.5 Å². The van der Waals surface area contributed by atoms with Crippen LogP contribution in [0.4, 0.5) is 0 Å². The van der Waals surface area contributed by atoms with Crippen LogP contribution in [0, 0.1) is 6.92 Å². The van der Waals surface area contributed by atoms with Crippen molar-refractivity contribution in [3.63, 3.8) is 0 Å². The summed E-state index contributed by atoms with van der Waals surface area (Å²) in [6, 6.07) is 5.38. The van der Waals surface area contributed by atoms with E-state index in [9.17, 15) is 9.59 Å². The van der Waals surface area contributed by atoms with Crippen LogP contribution >= 0.6 is 15.9 Å². The number of rotatable bonds is 4. The van der Waals surface area contributed by atoms with Crippen LogP contribution in [0.5, 0.6) is 0 Å². The van der Waals surface area contributed by atoms with Crippen LogP contribution in [0.3, 0.4) is 0 Å². The average Bonchev–Trinajstić information content (AvgIpc) is 2.19. The number of carboxylic acid groups (broad SMARTS) is 1. The molecule has 0 aliphatic heterocycles. The molecule has 0 amide bonds. The number of carboxylic acids is 1. The molecule has 4 heteroatoms. The summed E-state index contributed by atoms with van der Waals surface area (Å²) >= 11 is 3.30. The number of Topliss-reactive ketones (excluding diaryl/α,β-unsaturated/α-hetero) is 1. The van der Waals surface area contributed by atoms with Gasteiger partial charge in [0.1, 0.15) is 5.78 Å². The van der Waals surface area contributed by atoms with Gasteiger partial charge < -0.3 is 5.11 Å². The van der Waals surface area contributed by atoms with Gasteiger partial charge in [0.05, 0.1) is 11.2 Å². The molecule has 1 N–H and O–H groups in total. The third-order valence-corrected chi connectivity index (χ3v) is 3.60. The third kappa shape index (κ3) is 2.92. The Bertz CT molecular complexity index is 426. The van der Waals surface area contributed by atoms with Crippen molar-refractivity contribution < 1.29 is 14.7 Å². The fraction of sp³-hybridized carbons (Fsp3) is 0.333.